The summed E-state index contributed by atoms with van der Waals surface area (Å²) >= 11 is 1.12. The first-order valence-electron chi connectivity index (χ1n) is 9.54. The third-order valence-corrected chi connectivity index (χ3v) is 5.37. The number of amidine groups is 1. The van der Waals surface area contributed by atoms with Crippen LogP contribution in [0.5, 0.6) is 11.5 Å². The van der Waals surface area contributed by atoms with Gasteiger partial charge in [-0.1, -0.05) is 12.1 Å². The zero-order chi connectivity index (χ0) is 24.2. The maximum atomic E-state index is 13.0. The summed E-state index contributed by atoms with van der Waals surface area (Å²) in [4.78, 5) is 37.5. The number of amides is 1. The molecule has 0 bridgehead atoms. The predicted molar refractivity (Wildman–Crippen MR) is 123 cm³/mol. The number of carbonyl (C=O) groups excluding carboxylic acids is 1. The second-order valence-electron chi connectivity index (χ2n) is 6.80. The Morgan fingerprint density at radius 1 is 0.971 bits per heavy atom. The number of halogens is 1. The first-order valence-corrected chi connectivity index (χ1v) is 10.4. The third kappa shape index (κ3) is 5.24. The van der Waals surface area contributed by atoms with Gasteiger partial charge in [-0.2, -0.15) is 0 Å². The van der Waals surface area contributed by atoms with E-state index < -0.39 is 21.2 Å². The summed E-state index contributed by atoms with van der Waals surface area (Å²) in [7, 11) is 0. The normalized spacial score (nSPS) is 15.4. The van der Waals surface area contributed by atoms with Gasteiger partial charge in [-0.15, -0.1) is 0 Å². The second-order valence-corrected chi connectivity index (χ2v) is 7.83. The van der Waals surface area contributed by atoms with E-state index in [-0.39, 0.29) is 23.2 Å². The van der Waals surface area contributed by atoms with Crippen LogP contribution in [0.25, 0.3) is 6.08 Å². The highest BCUT2D eigenvalue weighted by molar-refractivity contribution is 8.18. The number of nitro benzene ring substituents is 2. The molecule has 34 heavy (non-hydrogen) atoms. The Labute approximate surface area is 195 Å². The molecule has 0 saturated carbocycles. The topological polar surface area (TPSA) is 137 Å². The molecule has 1 aliphatic rings. The average Bonchev–Trinajstić information content (AvgIpc) is 3.15. The fourth-order valence-electron chi connectivity index (χ4n) is 2.87. The van der Waals surface area contributed by atoms with Gasteiger partial charge in [0.25, 0.3) is 11.6 Å². The molecule has 0 aromatic heterocycles. The van der Waals surface area contributed by atoms with Crippen LogP contribution in [0.15, 0.2) is 76.6 Å². The lowest BCUT2D eigenvalue weighted by Gasteiger charge is -2.06. The van der Waals surface area contributed by atoms with Crippen LogP contribution >= 0.6 is 11.8 Å². The lowest BCUT2D eigenvalue weighted by Crippen LogP contribution is -2.19. The van der Waals surface area contributed by atoms with Crippen LogP contribution in [0.2, 0.25) is 0 Å². The molecule has 0 atom stereocenters. The molecule has 0 aliphatic carbocycles. The summed E-state index contributed by atoms with van der Waals surface area (Å²) in [5.41, 5.74) is 0.196. The van der Waals surface area contributed by atoms with Crippen molar-refractivity contribution in [3.05, 3.63) is 103 Å². The molecule has 170 valence electrons. The van der Waals surface area contributed by atoms with Crippen LogP contribution < -0.4 is 10.1 Å². The fraction of sp³-hybridized carbons (Fsp3) is 0. The number of hydrogen-bond donors (Lipinski definition) is 1. The minimum absolute atomic E-state index is 0.144. The highest BCUT2D eigenvalue weighted by Crippen LogP contribution is 2.35. The summed E-state index contributed by atoms with van der Waals surface area (Å²) in [5, 5.41) is 25.1. The van der Waals surface area contributed by atoms with E-state index in [9.17, 15) is 29.4 Å². The quantitative estimate of drug-likeness (QED) is 0.286. The number of nitro groups is 2. The van der Waals surface area contributed by atoms with Crippen molar-refractivity contribution in [1.29, 1.82) is 0 Å². The van der Waals surface area contributed by atoms with E-state index in [0.29, 0.717) is 21.3 Å². The number of carbonyl (C=O) groups is 1. The van der Waals surface area contributed by atoms with Crippen LogP contribution in [0.3, 0.4) is 0 Å². The number of hydrogen-bond acceptors (Lipinski definition) is 8. The van der Waals surface area contributed by atoms with E-state index in [1.54, 1.807) is 30.3 Å². The number of nitrogens with one attached hydrogen (secondary N) is 1. The van der Waals surface area contributed by atoms with Crippen LogP contribution in [0, 0.1) is 26.0 Å². The molecule has 3 aromatic carbocycles. The number of non-ortho nitro benzene ring substituents is 1. The molecular weight excluding hydrogens is 467 g/mol. The number of benzene rings is 3. The highest BCUT2D eigenvalue weighted by Gasteiger charge is 2.24. The zero-order valence-electron chi connectivity index (χ0n) is 17.0. The van der Waals surface area contributed by atoms with Crippen molar-refractivity contribution < 1.29 is 23.8 Å². The minimum Gasteiger partial charge on any atom is -0.450 e. The van der Waals surface area contributed by atoms with Gasteiger partial charge < -0.3 is 10.1 Å². The van der Waals surface area contributed by atoms with Crippen molar-refractivity contribution in [2.75, 3.05) is 0 Å². The minimum atomic E-state index is -0.762. The van der Waals surface area contributed by atoms with Crippen molar-refractivity contribution in [3.8, 4) is 11.5 Å². The molecule has 0 spiro atoms. The molecule has 1 saturated heterocycles. The van der Waals surface area contributed by atoms with E-state index in [1.807, 2.05) is 0 Å². The van der Waals surface area contributed by atoms with Crippen LogP contribution in [-0.2, 0) is 4.79 Å². The van der Waals surface area contributed by atoms with Crippen LogP contribution in [0.4, 0.5) is 21.5 Å². The van der Waals surface area contributed by atoms with Crippen molar-refractivity contribution in [2.24, 2.45) is 4.99 Å². The second kappa shape index (κ2) is 9.50. The summed E-state index contributed by atoms with van der Waals surface area (Å²) in [6.45, 7) is 0. The zero-order valence-corrected chi connectivity index (χ0v) is 17.8. The van der Waals surface area contributed by atoms with Gasteiger partial charge in [0.15, 0.2) is 5.17 Å². The molecule has 3 aromatic rings. The van der Waals surface area contributed by atoms with Crippen LogP contribution in [0.1, 0.15) is 5.56 Å². The Balaban J connectivity index is 1.49. The Kier molecular flexibility index (Phi) is 6.32. The molecule has 12 heteroatoms. The van der Waals surface area contributed by atoms with E-state index in [4.69, 9.17) is 4.74 Å². The van der Waals surface area contributed by atoms with E-state index >= 15 is 0 Å². The van der Waals surface area contributed by atoms with Crippen molar-refractivity contribution in [1.82, 2.24) is 5.32 Å². The van der Waals surface area contributed by atoms with Gasteiger partial charge in [-0.25, -0.2) is 9.38 Å². The Morgan fingerprint density at radius 3 is 2.32 bits per heavy atom. The summed E-state index contributed by atoms with van der Waals surface area (Å²) < 4.78 is 18.5. The van der Waals surface area contributed by atoms with Gasteiger partial charge in [0.2, 0.25) is 5.75 Å². The van der Waals surface area contributed by atoms with E-state index in [2.05, 4.69) is 10.3 Å². The molecule has 1 amide bonds. The molecule has 1 heterocycles. The SMILES string of the molecule is O=C1NC(=Nc2ccc(F)cc2)S/C1=C/c1ccc(Oc2ccc([N+](=O)[O-])cc2[N+](=O)[O-])cc1. The monoisotopic (exact) mass is 480 g/mol. The molecular formula is C22H13FN4O6S. The fourth-order valence-corrected chi connectivity index (χ4v) is 3.71. The number of nitrogens with zero attached hydrogens (tertiary/aromatic N) is 3. The third-order valence-electron chi connectivity index (χ3n) is 4.46. The number of thioether (sulfide) groups is 1. The summed E-state index contributed by atoms with van der Waals surface area (Å²) in [6, 6.07) is 15.0. The number of rotatable bonds is 6. The summed E-state index contributed by atoms with van der Waals surface area (Å²) in [6.07, 6.45) is 1.63. The average molecular weight is 480 g/mol. The van der Waals surface area contributed by atoms with Crippen molar-refractivity contribution in [3.63, 3.8) is 0 Å². The van der Waals surface area contributed by atoms with Gasteiger partial charge in [-0.05, 0) is 65.9 Å². The number of ether oxygens (including phenoxy) is 1. The predicted octanol–water partition coefficient (Wildman–Crippen LogP) is 5.33. The standard InChI is InChI=1S/C22H13FN4O6S/c23-14-3-5-15(6-4-14)24-22-25-21(28)20(34-22)11-13-1-8-17(9-2-13)33-19-10-7-16(26(29)30)12-18(19)27(31)32/h1-12H,(H,24,25,28)/b20-11+. The first kappa shape index (κ1) is 22.6. The highest BCUT2D eigenvalue weighted by atomic mass is 32.2. The maximum Gasteiger partial charge on any atom is 0.318 e. The Bertz CT molecular complexity index is 1360. The molecule has 4 rings (SSSR count). The van der Waals surface area contributed by atoms with Crippen molar-refractivity contribution >= 4 is 46.0 Å². The first-order chi connectivity index (χ1) is 16.3. The van der Waals surface area contributed by atoms with Gasteiger partial charge in [-0.3, -0.25) is 25.0 Å². The van der Waals surface area contributed by atoms with E-state index in [1.165, 1.54) is 24.3 Å². The van der Waals surface area contributed by atoms with E-state index in [0.717, 1.165) is 30.0 Å². The van der Waals surface area contributed by atoms with Gasteiger partial charge in [0, 0.05) is 6.07 Å². The van der Waals surface area contributed by atoms with Gasteiger partial charge in [0.05, 0.1) is 26.5 Å². The van der Waals surface area contributed by atoms with Gasteiger partial charge in [0.1, 0.15) is 11.6 Å². The van der Waals surface area contributed by atoms with Crippen molar-refractivity contribution in [2.45, 2.75) is 0 Å². The Hall–Kier alpha value is -4.58. The smallest absolute Gasteiger partial charge is 0.318 e. The lowest BCUT2D eigenvalue weighted by atomic mass is 10.2. The molecule has 0 radical (unpaired) electrons. The Morgan fingerprint density at radius 2 is 1.68 bits per heavy atom. The van der Waals surface area contributed by atoms with Crippen LogP contribution in [-0.4, -0.2) is 20.9 Å². The van der Waals surface area contributed by atoms with Gasteiger partial charge >= 0.3 is 5.69 Å². The maximum absolute atomic E-state index is 13.0. The lowest BCUT2D eigenvalue weighted by molar-refractivity contribution is -0.394. The number of aliphatic imine (C=N–C) groups is 1. The molecule has 10 nitrogen and oxygen atoms in total. The molecule has 0 unspecified atom stereocenters. The largest absolute Gasteiger partial charge is 0.450 e. The molecule has 1 aliphatic heterocycles. The molecule has 1 N–H and O–H groups in total. The molecule has 1 fully saturated rings. The summed E-state index contributed by atoms with van der Waals surface area (Å²) in [5.74, 6) is -0.605.